The van der Waals surface area contributed by atoms with Crippen molar-refractivity contribution in [1.82, 2.24) is 19.5 Å². The summed E-state index contributed by atoms with van der Waals surface area (Å²) < 4.78 is 1.57. The van der Waals surface area contributed by atoms with Crippen molar-refractivity contribution in [1.29, 1.82) is 0 Å². The number of anilines is 1. The van der Waals surface area contributed by atoms with Gasteiger partial charge in [-0.1, -0.05) is 0 Å². The number of imidazole rings is 2. The third-order valence-electron chi connectivity index (χ3n) is 2.37. The van der Waals surface area contributed by atoms with Crippen LogP contribution in [0.5, 0.6) is 0 Å². The molecule has 17 heavy (non-hydrogen) atoms. The topological polar surface area (TPSA) is 102 Å². The van der Waals surface area contributed by atoms with E-state index in [1.54, 1.807) is 24.0 Å². The van der Waals surface area contributed by atoms with E-state index in [4.69, 9.17) is 0 Å². The Bertz CT molecular complexity index is 518. The zero-order chi connectivity index (χ0) is 12.4. The van der Waals surface area contributed by atoms with Crippen molar-refractivity contribution >= 4 is 11.6 Å². The average molecular weight is 236 g/mol. The van der Waals surface area contributed by atoms with E-state index in [1.807, 2.05) is 6.92 Å². The molecule has 0 aliphatic carbocycles. The maximum Gasteiger partial charge on any atom is 0.406 e. The number of aromatic amines is 1. The van der Waals surface area contributed by atoms with Gasteiger partial charge in [-0.25, -0.2) is 4.98 Å². The van der Waals surface area contributed by atoms with E-state index in [1.165, 1.54) is 6.33 Å². The third kappa shape index (κ3) is 2.10. The normalized spacial score (nSPS) is 12.4. The molecule has 8 heteroatoms. The van der Waals surface area contributed by atoms with E-state index in [0.29, 0.717) is 11.6 Å². The molecule has 90 valence electrons. The number of rotatable bonds is 4. The Kier molecular flexibility index (Phi) is 2.77. The fourth-order valence-corrected chi connectivity index (χ4v) is 1.51. The smallest absolute Gasteiger partial charge is 0.358 e. The van der Waals surface area contributed by atoms with Gasteiger partial charge in [-0.05, 0) is 16.8 Å². The average Bonchev–Trinajstić information content (AvgIpc) is 2.89. The summed E-state index contributed by atoms with van der Waals surface area (Å²) in [7, 11) is 1.69. The van der Waals surface area contributed by atoms with Crippen molar-refractivity contribution in [2.75, 3.05) is 5.32 Å². The van der Waals surface area contributed by atoms with Crippen molar-refractivity contribution in [3.63, 3.8) is 0 Å². The van der Waals surface area contributed by atoms with Crippen LogP contribution in [0.25, 0.3) is 0 Å². The maximum absolute atomic E-state index is 10.8. The summed E-state index contributed by atoms with van der Waals surface area (Å²) in [5.74, 6) is 0.880. The number of aromatic nitrogens is 4. The maximum atomic E-state index is 10.8. The van der Waals surface area contributed by atoms with E-state index in [2.05, 4.69) is 20.3 Å². The number of nitrogens with zero attached hydrogens (tertiary/aromatic N) is 4. The van der Waals surface area contributed by atoms with Crippen LogP contribution in [0.15, 0.2) is 18.7 Å². The number of H-pyrrole nitrogens is 1. The van der Waals surface area contributed by atoms with Gasteiger partial charge >= 0.3 is 5.82 Å². The van der Waals surface area contributed by atoms with Crippen LogP contribution in [0.4, 0.5) is 11.6 Å². The van der Waals surface area contributed by atoms with Gasteiger partial charge in [-0.2, -0.15) is 0 Å². The molecule has 0 aliphatic rings. The number of nitrogens with one attached hydrogen (secondary N) is 2. The predicted molar refractivity (Wildman–Crippen MR) is 60.5 cm³/mol. The van der Waals surface area contributed by atoms with Crippen molar-refractivity contribution < 1.29 is 4.92 Å². The Balaban J connectivity index is 2.24. The lowest BCUT2D eigenvalue weighted by Crippen LogP contribution is -2.12. The molecule has 1 atom stereocenters. The molecule has 1 unspecified atom stereocenters. The summed E-state index contributed by atoms with van der Waals surface area (Å²) in [4.78, 5) is 21.0. The zero-order valence-electron chi connectivity index (χ0n) is 9.41. The highest BCUT2D eigenvalue weighted by Gasteiger charge is 2.22. The summed E-state index contributed by atoms with van der Waals surface area (Å²) in [5, 5.41) is 13.8. The molecule has 0 bridgehead atoms. The number of aryl methyl sites for hydroxylation is 1. The second kappa shape index (κ2) is 4.24. The highest BCUT2D eigenvalue weighted by atomic mass is 16.6. The van der Waals surface area contributed by atoms with Gasteiger partial charge in [-0.3, -0.25) is 4.57 Å². The highest BCUT2D eigenvalue weighted by Crippen LogP contribution is 2.24. The molecule has 2 aromatic rings. The van der Waals surface area contributed by atoms with Gasteiger partial charge in [0.05, 0.1) is 6.04 Å². The highest BCUT2D eigenvalue weighted by molar-refractivity contribution is 5.52. The lowest BCUT2D eigenvalue weighted by Gasteiger charge is -2.12. The second-order valence-electron chi connectivity index (χ2n) is 3.63. The Hall–Kier alpha value is -2.38. The first-order valence-corrected chi connectivity index (χ1v) is 5.01. The molecular weight excluding hydrogens is 224 g/mol. The van der Waals surface area contributed by atoms with Crippen molar-refractivity contribution in [3.8, 4) is 0 Å². The molecule has 0 aromatic carbocycles. The van der Waals surface area contributed by atoms with Crippen LogP contribution in [0, 0.1) is 10.1 Å². The molecule has 2 aromatic heterocycles. The Morgan fingerprint density at radius 2 is 2.35 bits per heavy atom. The summed E-state index contributed by atoms with van der Waals surface area (Å²) in [5.41, 5.74) is 0. The summed E-state index contributed by atoms with van der Waals surface area (Å²) in [6.45, 7) is 1.86. The van der Waals surface area contributed by atoms with Gasteiger partial charge < -0.3 is 20.4 Å². The standard InChI is InChI=1S/C9H12N6O2/c1-6(7-10-3-4-11-7)13-9-8(15(16)17)12-5-14(9)2/h3-6,13H,1-2H3,(H,10,11). The fraction of sp³-hybridized carbons (Fsp3) is 0.333. The minimum atomic E-state index is -0.517. The molecule has 0 amide bonds. The Morgan fingerprint density at radius 3 is 2.94 bits per heavy atom. The monoisotopic (exact) mass is 236 g/mol. The van der Waals surface area contributed by atoms with Crippen LogP contribution in [-0.2, 0) is 7.05 Å². The first-order chi connectivity index (χ1) is 8.09. The van der Waals surface area contributed by atoms with Crippen LogP contribution >= 0.6 is 0 Å². The SMILES string of the molecule is CC(Nc1c([N+](=O)[O-])ncn1C)c1ncc[nH]1. The van der Waals surface area contributed by atoms with E-state index >= 15 is 0 Å². The summed E-state index contributed by atoms with van der Waals surface area (Å²) in [6, 6.07) is -0.168. The van der Waals surface area contributed by atoms with Crippen LogP contribution < -0.4 is 5.32 Å². The lowest BCUT2D eigenvalue weighted by molar-refractivity contribution is -0.388. The van der Waals surface area contributed by atoms with Crippen LogP contribution in [-0.4, -0.2) is 24.4 Å². The minimum Gasteiger partial charge on any atom is -0.358 e. The first-order valence-electron chi connectivity index (χ1n) is 5.01. The van der Waals surface area contributed by atoms with E-state index in [0.717, 1.165) is 0 Å². The molecular formula is C9H12N6O2. The number of hydrogen-bond donors (Lipinski definition) is 2. The molecule has 0 fully saturated rings. The fourth-order valence-electron chi connectivity index (χ4n) is 1.51. The van der Waals surface area contributed by atoms with E-state index in [-0.39, 0.29) is 11.9 Å². The van der Waals surface area contributed by atoms with Crippen molar-refractivity contribution in [2.24, 2.45) is 7.05 Å². The van der Waals surface area contributed by atoms with Crippen LogP contribution in [0.1, 0.15) is 18.8 Å². The van der Waals surface area contributed by atoms with Gasteiger partial charge in [0.2, 0.25) is 12.1 Å². The summed E-state index contributed by atoms with van der Waals surface area (Å²) in [6.07, 6.45) is 4.73. The molecule has 0 spiro atoms. The van der Waals surface area contributed by atoms with Crippen molar-refractivity contribution in [3.05, 3.63) is 34.7 Å². The number of hydrogen-bond acceptors (Lipinski definition) is 5. The molecule has 2 rings (SSSR count). The van der Waals surface area contributed by atoms with Crippen LogP contribution in [0.2, 0.25) is 0 Å². The van der Waals surface area contributed by atoms with Gasteiger partial charge in [0, 0.05) is 19.4 Å². The minimum absolute atomic E-state index is 0.168. The van der Waals surface area contributed by atoms with E-state index in [9.17, 15) is 10.1 Å². The zero-order valence-corrected chi connectivity index (χ0v) is 9.41. The lowest BCUT2D eigenvalue weighted by atomic mass is 10.3. The molecule has 2 heterocycles. The largest absolute Gasteiger partial charge is 0.406 e. The van der Waals surface area contributed by atoms with E-state index < -0.39 is 4.92 Å². The second-order valence-corrected chi connectivity index (χ2v) is 3.63. The third-order valence-corrected chi connectivity index (χ3v) is 2.37. The molecule has 0 radical (unpaired) electrons. The molecule has 2 N–H and O–H groups in total. The quantitative estimate of drug-likeness (QED) is 0.614. The predicted octanol–water partition coefficient (Wildman–Crippen LogP) is 1.22. The van der Waals surface area contributed by atoms with Gasteiger partial charge in [-0.15, -0.1) is 0 Å². The summed E-state index contributed by atoms with van der Waals surface area (Å²) >= 11 is 0. The van der Waals surface area contributed by atoms with Gasteiger partial charge in [0.1, 0.15) is 5.82 Å². The van der Waals surface area contributed by atoms with Gasteiger partial charge in [0.25, 0.3) is 0 Å². The van der Waals surface area contributed by atoms with Gasteiger partial charge in [0.15, 0.2) is 0 Å². The number of nitro groups is 1. The molecule has 8 nitrogen and oxygen atoms in total. The van der Waals surface area contributed by atoms with Crippen molar-refractivity contribution in [2.45, 2.75) is 13.0 Å². The Morgan fingerprint density at radius 1 is 1.59 bits per heavy atom. The first kappa shape index (κ1) is 11.1. The Labute approximate surface area is 96.9 Å². The van der Waals surface area contributed by atoms with Crippen LogP contribution in [0.3, 0.4) is 0 Å². The molecule has 0 saturated heterocycles. The molecule has 0 saturated carbocycles. The molecule has 0 aliphatic heterocycles.